The Hall–Kier alpha value is -1.02. The minimum absolute atomic E-state index is 0.776. The molecular formula is C17H27NO. The lowest BCUT2D eigenvalue weighted by atomic mass is 10.1. The van der Waals surface area contributed by atoms with E-state index in [9.17, 15) is 0 Å². The van der Waals surface area contributed by atoms with Gasteiger partial charge in [0.2, 0.25) is 0 Å². The van der Waals surface area contributed by atoms with E-state index in [2.05, 4.69) is 17.4 Å². The van der Waals surface area contributed by atoms with E-state index in [4.69, 9.17) is 4.74 Å². The molecule has 2 heteroatoms. The molecule has 0 radical (unpaired) electrons. The number of nitrogens with one attached hydrogen (secondary N) is 1. The smallest absolute Gasteiger partial charge is 0.118 e. The van der Waals surface area contributed by atoms with E-state index in [-0.39, 0.29) is 0 Å². The fourth-order valence-electron chi connectivity index (χ4n) is 2.87. The summed E-state index contributed by atoms with van der Waals surface area (Å²) in [5, 5.41) is 3.73. The molecule has 0 unspecified atom stereocenters. The van der Waals surface area contributed by atoms with E-state index in [1.54, 1.807) is 7.11 Å². The Bertz CT molecular complexity index is 339. The van der Waals surface area contributed by atoms with Crippen LogP contribution in [-0.2, 0) is 6.42 Å². The second-order valence-corrected chi connectivity index (χ2v) is 5.59. The van der Waals surface area contributed by atoms with Crippen molar-refractivity contribution in [3.05, 3.63) is 29.8 Å². The minimum atomic E-state index is 0.776. The van der Waals surface area contributed by atoms with Gasteiger partial charge in [-0.15, -0.1) is 0 Å². The first-order valence-electron chi connectivity index (χ1n) is 7.75. The number of benzene rings is 1. The van der Waals surface area contributed by atoms with Crippen molar-refractivity contribution >= 4 is 0 Å². The lowest BCUT2D eigenvalue weighted by Gasteiger charge is -2.16. The van der Waals surface area contributed by atoms with Crippen molar-refractivity contribution in [2.75, 3.05) is 13.7 Å². The second kappa shape index (κ2) is 8.21. The van der Waals surface area contributed by atoms with Crippen LogP contribution >= 0.6 is 0 Å². The monoisotopic (exact) mass is 261 g/mol. The molecule has 1 aromatic carbocycles. The average Bonchev–Trinajstić information content (AvgIpc) is 2.73. The minimum Gasteiger partial charge on any atom is -0.497 e. The fraction of sp³-hybridized carbons (Fsp3) is 0.647. The topological polar surface area (TPSA) is 21.3 Å². The highest BCUT2D eigenvalue weighted by molar-refractivity contribution is 5.27. The summed E-state index contributed by atoms with van der Waals surface area (Å²) in [6.07, 6.45) is 10.8. The van der Waals surface area contributed by atoms with Gasteiger partial charge in [0.25, 0.3) is 0 Å². The van der Waals surface area contributed by atoms with Crippen molar-refractivity contribution in [2.24, 2.45) is 0 Å². The molecule has 0 aliphatic heterocycles. The Morgan fingerprint density at radius 3 is 2.37 bits per heavy atom. The van der Waals surface area contributed by atoms with Crippen LogP contribution in [0.1, 0.15) is 50.5 Å². The maximum absolute atomic E-state index is 5.17. The molecule has 0 heterocycles. The Labute approximate surface area is 117 Å². The molecule has 106 valence electrons. The summed E-state index contributed by atoms with van der Waals surface area (Å²) in [4.78, 5) is 0. The number of hydrogen-bond donors (Lipinski definition) is 1. The van der Waals surface area contributed by atoms with E-state index in [0.717, 1.165) is 24.8 Å². The van der Waals surface area contributed by atoms with Crippen LogP contribution in [0.25, 0.3) is 0 Å². The third-order valence-electron chi connectivity index (χ3n) is 4.09. The predicted molar refractivity (Wildman–Crippen MR) is 80.8 cm³/mol. The number of ether oxygens (including phenoxy) is 1. The third kappa shape index (κ3) is 5.23. The van der Waals surface area contributed by atoms with Crippen LogP contribution in [0.15, 0.2) is 24.3 Å². The molecule has 1 N–H and O–H groups in total. The van der Waals surface area contributed by atoms with Gasteiger partial charge >= 0.3 is 0 Å². The van der Waals surface area contributed by atoms with Gasteiger partial charge in [-0.05, 0) is 49.9 Å². The zero-order chi connectivity index (χ0) is 13.3. The van der Waals surface area contributed by atoms with E-state index >= 15 is 0 Å². The standard InChI is InChI=1S/C17H27NO/c1-19-17-12-10-15(11-13-17)7-6-14-18-16-8-4-2-3-5-9-16/h10-13,16,18H,2-9,14H2,1H3. The summed E-state index contributed by atoms with van der Waals surface area (Å²) in [6.45, 7) is 1.15. The van der Waals surface area contributed by atoms with Crippen molar-refractivity contribution in [1.29, 1.82) is 0 Å². The van der Waals surface area contributed by atoms with Gasteiger partial charge in [0.05, 0.1) is 7.11 Å². The molecule has 0 amide bonds. The van der Waals surface area contributed by atoms with E-state index in [1.807, 2.05) is 12.1 Å². The molecule has 0 atom stereocenters. The molecular weight excluding hydrogens is 234 g/mol. The average molecular weight is 261 g/mol. The quantitative estimate of drug-likeness (QED) is 0.618. The van der Waals surface area contributed by atoms with Crippen LogP contribution in [0, 0.1) is 0 Å². The zero-order valence-corrected chi connectivity index (χ0v) is 12.2. The Morgan fingerprint density at radius 2 is 1.74 bits per heavy atom. The number of rotatable bonds is 6. The molecule has 2 nitrogen and oxygen atoms in total. The van der Waals surface area contributed by atoms with E-state index in [1.165, 1.54) is 50.5 Å². The van der Waals surface area contributed by atoms with Crippen molar-refractivity contribution in [1.82, 2.24) is 5.32 Å². The highest BCUT2D eigenvalue weighted by Gasteiger charge is 2.10. The first-order chi connectivity index (χ1) is 9.38. The normalized spacial score (nSPS) is 17.1. The van der Waals surface area contributed by atoms with Crippen molar-refractivity contribution in [3.8, 4) is 5.75 Å². The second-order valence-electron chi connectivity index (χ2n) is 5.59. The largest absolute Gasteiger partial charge is 0.497 e. The highest BCUT2D eigenvalue weighted by atomic mass is 16.5. The van der Waals surface area contributed by atoms with Gasteiger partial charge in [0.1, 0.15) is 5.75 Å². The van der Waals surface area contributed by atoms with Crippen molar-refractivity contribution in [2.45, 2.75) is 57.4 Å². The van der Waals surface area contributed by atoms with Gasteiger partial charge in [-0.25, -0.2) is 0 Å². The lowest BCUT2D eigenvalue weighted by molar-refractivity contribution is 0.414. The molecule has 0 bridgehead atoms. The first-order valence-corrected chi connectivity index (χ1v) is 7.75. The number of aryl methyl sites for hydroxylation is 1. The molecule has 1 aromatic rings. The first kappa shape index (κ1) is 14.4. The number of hydrogen-bond acceptors (Lipinski definition) is 2. The maximum Gasteiger partial charge on any atom is 0.118 e. The van der Waals surface area contributed by atoms with Crippen LogP contribution in [0.5, 0.6) is 5.75 Å². The molecule has 1 fully saturated rings. The van der Waals surface area contributed by atoms with Gasteiger partial charge in [0.15, 0.2) is 0 Å². The Balaban J connectivity index is 1.62. The molecule has 2 rings (SSSR count). The summed E-state index contributed by atoms with van der Waals surface area (Å²) in [5.41, 5.74) is 1.41. The number of methoxy groups -OCH3 is 1. The van der Waals surface area contributed by atoms with Gasteiger partial charge in [0, 0.05) is 6.04 Å². The third-order valence-corrected chi connectivity index (χ3v) is 4.09. The van der Waals surface area contributed by atoms with Crippen LogP contribution in [0.4, 0.5) is 0 Å². The summed E-state index contributed by atoms with van der Waals surface area (Å²) in [7, 11) is 1.71. The molecule has 0 aromatic heterocycles. The van der Waals surface area contributed by atoms with Crippen LogP contribution in [0.3, 0.4) is 0 Å². The highest BCUT2D eigenvalue weighted by Crippen LogP contribution is 2.17. The van der Waals surface area contributed by atoms with Crippen LogP contribution < -0.4 is 10.1 Å². The van der Waals surface area contributed by atoms with Crippen LogP contribution in [-0.4, -0.2) is 19.7 Å². The molecule has 1 saturated carbocycles. The summed E-state index contributed by atoms with van der Waals surface area (Å²) in [5.74, 6) is 0.945. The summed E-state index contributed by atoms with van der Waals surface area (Å²) >= 11 is 0. The van der Waals surface area contributed by atoms with E-state index in [0.29, 0.717) is 0 Å². The molecule has 19 heavy (non-hydrogen) atoms. The Morgan fingerprint density at radius 1 is 1.05 bits per heavy atom. The summed E-state index contributed by atoms with van der Waals surface area (Å²) < 4.78 is 5.17. The predicted octanol–water partition coefficient (Wildman–Crippen LogP) is 3.94. The molecule has 1 aliphatic carbocycles. The molecule has 0 saturated heterocycles. The summed E-state index contributed by atoms with van der Waals surface area (Å²) in [6, 6.07) is 9.22. The van der Waals surface area contributed by atoms with Gasteiger partial charge in [-0.2, -0.15) is 0 Å². The molecule has 1 aliphatic rings. The van der Waals surface area contributed by atoms with Crippen molar-refractivity contribution < 1.29 is 4.74 Å². The zero-order valence-electron chi connectivity index (χ0n) is 12.2. The maximum atomic E-state index is 5.17. The fourth-order valence-corrected chi connectivity index (χ4v) is 2.87. The van der Waals surface area contributed by atoms with E-state index < -0.39 is 0 Å². The van der Waals surface area contributed by atoms with Gasteiger partial charge in [-0.3, -0.25) is 0 Å². The van der Waals surface area contributed by atoms with Crippen molar-refractivity contribution in [3.63, 3.8) is 0 Å². The van der Waals surface area contributed by atoms with Crippen LogP contribution in [0.2, 0.25) is 0 Å². The van der Waals surface area contributed by atoms with Gasteiger partial charge < -0.3 is 10.1 Å². The molecule has 0 spiro atoms. The SMILES string of the molecule is COc1ccc(CCCNC2CCCCCC2)cc1. The Kier molecular flexibility index (Phi) is 6.22. The van der Waals surface area contributed by atoms with Gasteiger partial charge in [-0.1, -0.05) is 37.8 Å². The lowest BCUT2D eigenvalue weighted by Crippen LogP contribution is -2.29.